The van der Waals surface area contributed by atoms with Gasteiger partial charge >= 0.3 is 5.97 Å². The maximum absolute atomic E-state index is 12.5. The number of rotatable bonds is 60. The van der Waals surface area contributed by atoms with Crippen LogP contribution in [-0.2, 0) is 14.3 Å². The van der Waals surface area contributed by atoms with E-state index in [1.54, 1.807) is 6.08 Å². The van der Waals surface area contributed by atoms with Crippen LogP contribution in [0.4, 0.5) is 0 Å². The van der Waals surface area contributed by atoms with Crippen LogP contribution in [0.15, 0.2) is 48.6 Å². The number of aliphatic hydroxyl groups is 2. The fourth-order valence-electron chi connectivity index (χ4n) is 9.84. The third-order valence-electron chi connectivity index (χ3n) is 14.8. The van der Waals surface area contributed by atoms with Crippen LogP contribution >= 0.6 is 0 Å². The summed E-state index contributed by atoms with van der Waals surface area (Å²) in [4.78, 5) is 24.5. The van der Waals surface area contributed by atoms with E-state index in [0.29, 0.717) is 19.4 Å². The maximum atomic E-state index is 12.5. The number of hydrogen-bond acceptors (Lipinski definition) is 5. The molecule has 0 fully saturated rings. The fraction of sp³-hybridized carbons (Fsp3) is 0.851. The van der Waals surface area contributed by atoms with Crippen molar-refractivity contribution >= 4 is 11.9 Å². The van der Waals surface area contributed by atoms with Crippen molar-refractivity contribution in [1.82, 2.24) is 5.32 Å². The molecule has 6 heteroatoms. The minimum Gasteiger partial charge on any atom is -0.466 e. The Balaban J connectivity index is 3.44. The molecule has 0 saturated heterocycles. The van der Waals surface area contributed by atoms with Gasteiger partial charge in [-0.2, -0.15) is 0 Å². The molecule has 0 rings (SSSR count). The van der Waals surface area contributed by atoms with Crippen LogP contribution in [0.1, 0.15) is 341 Å². The molecule has 6 nitrogen and oxygen atoms in total. The van der Waals surface area contributed by atoms with Gasteiger partial charge in [-0.15, -0.1) is 0 Å². The Bertz CT molecular complexity index is 1230. The van der Waals surface area contributed by atoms with Crippen LogP contribution in [0, 0.1) is 0 Å². The standard InChI is InChI=1S/C67H125NO5/c1-3-5-7-9-11-13-15-17-18-19-26-29-32-36-39-43-47-51-55-59-65(70)64(63-69)68-66(71)60-56-52-48-44-40-37-33-30-27-24-22-20-21-23-25-28-31-34-38-42-46-50-54-58-62-73-67(72)61-57-53-49-45-41-35-16-14-12-10-8-6-4-2/h8,10,14,16,22,24,55,59,64-65,69-70H,3-7,9,11-13,15,17-21,23,25-54,56-58,60-63H2,1-2H3,(H,68,71)/b10-8-,16-14-,24-22-,59-55+. The molecule has 0 radical (unpaired) electrons. The summed E-state index contributed by atoms with van der Waals surface area (Å²) in [6.45, 7) is 4.85. The summed E-state index contributed by atoms with van der Waals surface area (Å²) in [7, 11) is 0. The Kier molecular flexibility index (Phi) is 60.5. The summed E-state index contributed by atoms with van der Waals surface area (Å²) in [6.07, 6.45) is 80.2. The first-order chi connectivity index (χ1) is 36.0. The number of carbonyl (C=O) groups is 2. The molecule has 0 bridgehead atoms. The molecule has 1 amide bonds. The molecule has 2 unspecified atom stereocenters. The lowest BCUT2D eigenvalue weighted by molar-refractivity contribution is -0.143. The first kappa shape index (κ1) is 70.8. The monoisotopic (exact) mass is 1020 g/mol. The molecule has 0 aliphatic carbocycles. The van der Waals surface area contributed by atoms with Crippen LogP contribution in [0.5, 0.6) is 0 Å². The number of amides is 1. The molecule has 3 N–H and O–H groups in total. The molecule has 0 aliphatic heterocycles. The highest BCUT2D eigenvalue weighted by atomic mass is 16.5. The number of aliphatic hydroxyl groups excluding tert-OH is 2. The van der Waals surface area contributed by atoms with E-state index >= 15 is 0 Å². The highest BCUT2D eigenvalue weighted by molar-refractivity contribution is 5.76. The van der Waals surface area contributed by atoms with Gasteiger partial charge in [-0.05, 0) is 83.5 Å². The van der Waals surface area contributed by atoms with Gasteiger partial charge in [0.1, 0.15) is 0 Å². The average Bonchev–Trinajstić information content (AvgIpc) is 3.39. The van der Waals surface area contributed by atoms with E-state index in [9.17, 15) is 19.8 Å². The number of unbranched alkanes of at least 4 members (excludes halogenated alkanes) is 43. The highest BCUT2D eigenvalue weighted by Gasteiger charge is 2.18. The van der Waals surface area contributed by atoms with Gasteiger partial charge < -0.3 is 20.3 Å². The lowest BCUT2D eigenvalue weighted by Crippen LogP contribution is -2.45. The Morgan fingerprint density at radius 2 is 0.712 bits per heavy atom. The number of nitrogens with one attached hydrogen (secondary N) is 1. The second-order valence-corrected chi connectivity index (χ2v) is 22.1. The van der Waals surface area contributed by atoms with Crippen LogP contribution in [-0.4, -0.2) is 47.4 Å². The van der Waals surface area contributed by atoms with Crippen LogP contribution < -0.4 is 5.32 Å². The molecule has 0 aromatic rings. The molecular weight excluding hydrogens is 899 g/mol. The Morgan fingerprint density at radius 3 is 1.11 bits per heavy atom. The van der Waals surface area contributed by atoms with Gasteiger partial charge in [-0.3, -0.25) is 9.59 Å². The normalized spacial score (nSPS) is 12.9. The summed E-state index contributed by atoms with van der Waals surface area (Å²) < 4.78 is 5.47. The lowest BCUT2D eigenvalue weighted by atomic mass is 10.0. The molecule has 0 aromatic heterocycles. The van der Waals surface area contributed by atoms with E-state index in [1.807, 2.05) is 6.08 Å². The average molecular weight is 1020 g/mol. The van der Waals surface area contributed by atoms with Crippen molar-refractivity contribution in [3.8, 4) is 0 Å². The molecule has 428 valence electrons. The summed E-state index contributed by atoms with van der Waals surface area (Å²) in [5, 5.41) is 23.2. The van der Waals surface area contributed by atoms with E-state index in [4.69, 9.17) is 4.74 Å². The zero-order chi connectivity index (χ0) is 52.9. The van der Waals surface area contributed by atoms with E-state index in [2.05, 4.69) is 55.6 Å². The lowest BCUT2D eigenvalue weighted by Gasteiger charge is -2.20. The Labute approximate surface area is 455 Å². The minimum atomic E-state index is -0.849. The molecule has 73 heavy (non-hydrogen) atoms. The van der Waals surface area contributed by atoms with Crippen LogP contribution in [0.2, 0.25) is 0 Å². The van der Waals surface area contributed by atoms with Crippen molar-refractivity contribution in [2.24, 2.45) is 0 Å². The van der Waals surface area contributed by atoms with Gasteiger partial charge in [-0.1, -0.05) is 294 Å². The fourth-order valence-corrected chi connectivity index (χ4v) is 9.84. The minimum absolute atomic E-state index is 0.00350. The largest absolute Gasteiger partial charge is 0.466 e. The maximum Gasteiger partial charge on any atom is 0.305 e. The third kappa shape index (κ3) is 58.9. The smallest absolute Gasteiger partial charge is 0.305 e. The predicted octanol–water partition coefficient (Wildman–Crippen LogP) is 20.5. The van der Waals surface area contributed by atoms with Crippen LogP contribution in [0.25, 0.3) is 0 Å². The number of allylic oxidation sites excluding steroid dienone is 7. The quantitative estimate of drug-likeness (QED) is 0.0320. The van der Waals surface area contributed by atoms with E-state index in [1.165, 1.54) is 263 Å². The van der Waals surface area contributed by atoms with Crippen molar-refractivity contribution in [3.63, 3.8) is 0 Å². The number of hydrogen-bond donors (Lipinski definition) is 3. The zero-order valence-corrected chi connectivity index (χ0v) is 48.9. The summed E-state index contributed by atoms with van der Waals surface area (Å²) in [5.41, 5.74) is 0. The molecule has 0 aliphatic rings. The number of carbonyl (C=O) groups excluding carboxylic acids is 2. The Hall–Kier alpha value is -2.18. The third-order valence-corrected chi connectivity index (χ3v) is 14.8. The number of ether oxygens (including phenoxy) is 1. The topological polar surface area (TPSA) is 95.9 Å². The van der Waals surface area contributed by atoms with Gasteiger partial charge in [0, 0.05) is 12.8 Å². The molecule has 0 heterocycles. The van der Waals surface area contributed by atoms with E-state index < -0.39 is 12.1 Å². The second kappa shape index (κ2) is 62.4. The van der Waals surface area contributed by atoms with Gasteiger partial charge in [0.2, 0.25) is 5.91 Å². The van der Waals surface area contributed by atoms with Gasteiger partial charge in [0.25, 0.3) is 0 Å². The molecule has 0 spiro atoms. The second-order valence-electron chi connectivity index (χ2n) is 22.1. The van der Waals surface area contributed by atoms with Gasteiger partial charge in [0.05, 0.1) is 25.4 Å². The van der Waals surface area contributed by atoms with Crippen molar-refractivity contribution in [3.05, 3.63) is 48.6 Å². The molecular formula is C67H125NO5. The zero-order valence-electron chi connectivity index (χ0n) is 48.9. The molecule has 0 saturated carbocycles. The molecule has 0 aromatic carbocycles. The first-order valence-corrected chi connectivity index (χ1v) is 32.4. The predicted molar refractivity (Wildman–Crippen MR) is 319 cm³/mol. The van der Waals surface area contributed by atoms with Crippen molar-refractivity contribution < 1.29 is 24.5 Å². The Morgan fingerprint density at radius 1 is 0.384 bits per heavy atom. The van der Waals surface area contributed by atoms with E-state index in [-0.39, 0.29) is 18.5 Å². The molecule has 2 atom stereocenters. The summed E-state index contributed by atoms with van der Waals surface area (Å²) in [6, 6.07) is -0.633. The van der Waals surface area contributed by atoms with Crippen molar-refractivity contribution in [1.29, 1.82) is 0 Å². The summed E-state index contributed by atoms with van der Waals surface area (Å²) in [5.74, 6) is -0.0742. The van der Waals surface area contributed by atoms with Crippen LogP contribution in [0.3, 0.4) is 0 Å². The van der Waals surface area contributed by atoms with Gasteiger partial charge in [-0.25, -0.2) is 0 Å². The van der Waals surface area contributed by atoms with Crippen molar-refractivity contribution in [2.75, 3.05) is 13.2 Å². The number of esters is 1. The van der Waals surface area contributed by atoms with Crippen molar-refractivity contribution in [2.45, 2.75) is 353 Å². The van der Waals surface area contributed by atoms with Gasteiger partial charge in [0.15, 0.2) is 0 Å². The highest BCUT2D eigenvalue weighted by Crippen LogP contribution is 2.17. The van der Waals surface area contributed by atoms with E-state index in [0.717, 1.165) is 51.4 Å². The summed E-state index contributed by atoms with van der Waals surface area (Å²) >= 11 is 0. The first-order valence-electron chi connectivity index (χ1n) is 32.4. The SMILES string of the molecule is CCC/C=C\C/C=C\CCCCCCCC(=O)OCCCCCCCCCCCCCC/C=C\CCCCCCCCCCC(=O)NC(CO)C(O)/C=C/CCCCCCCCCCCCCCCCCCC.